The minimum Gasteiger partial charge on any atom is -0.497 e. The maximum Gasteiger partial charge on any atom is 0.230 e. The van der Waals surface area contributed by atoms with Gasteiger partial charge in [-0.15, -0.1) is 0 Å². The number of benzene rings is 2. The van der Waals surface area contributed by atoms with Crippen LogP contribution in [0.2, 0.25) is 0 Å². The molecule has 0 saturated heterocycles. The van der Waals surface area contributed by atoms with Gasteiger partial charge in [-0.25, -0.2) is 0 Å². The smallest absolute Gasteiger partial charge is 0.230 e. The lowest BCUT2D eigenvalue weighted by Crippen LogP contribution is -2.35. The normalized spacial score (nSPS) is 10.1. The summed E-state index contributed by atoms with van der Waals surface area (Å²) in [6.07, 6.45) is 1.38. The van der Waals surface area contributed by atoms with Gasteiger partial charge in [0.2, 0.25) is 11.8 Å². The van der Waals surface area contributed by atoms with Crippen LogP contribution >= 0.6 is 12.2 Å². The summed E-state index contributed by atoms with van der Waals surface area (Å²) in [7, 11) is 5.10. The standard InChI is InChI=1S/C21H25N3O3S/c1-24(2)20(26)13-8-15-4-9-17(10-5-15)22-21(28)23-19(25)14-16-6-11-18(27-3)12-7-16/h4-7,9-12H,8,13-14H2,1-3H3,(H2,22,23,25,28). The van der Waals surface area contributed by atoms with Gasteiger partial charge in [-0.1, -0.05) is 24.3 Å². The molecule has 0 radical (unpaired) electrons. The van der Waals surface area contributed by atoms with Crippen molar-refractivity contribution in [2.75, 3.05) is 26.5 Å². The summed E-state index contributed by atoms with van der Waals surface area (Å²) in [4.78, 5) is 25.4. The summed E-state index contributed by atoms with van der Waals surface area (Å²) in [5.41, 5.74) is 2.71. The van der Waals surface area contributed by atoms with Crippen molar-refractivity contribution >= 4 is 34.8 Å². The molecule has 0 atom stereocenters. The maximum atomic E-state index is 12.1. The number of methoxy groups -OCH3 is 1. The number of carbonyl (C=O) groups excluding carboxylic acids is 2. The molecule has 6 nitrogen and oxygen atoms in total. The molecule has 2 N–H and O–H groups in total. The van der Waals surface area contributed by atoms with Gasteiger partial charge >= 0.3 is 0 Å². The molecule has 2 amide bonds. The summed E-state index contributed by atoms with van der Waals surface area (Å²) in [5.74, 6) is 0.653. The number of hydrogen-bond acceptors (Lipinski definition) is 4. The number of anilines is 1. The first-order valence-electron chi connectivity index (χ1n) is 8.90. The van der Waals surface area contributed by atoms with Gasteiger partial charge < -0.3 is 20.3 Å². The zero-order valence-electron chi connectivity index (χ0n) is 16.3. The number of aryl methyl sites for hydroxylation is 1. The molecule has 0 aliphatic rings. The van der Waals surface area contributed by atoms with Gasteiger partial charge in [-0.3, -0.25) is 9.59 Å². The lowest BCUT2D eigenvalue weighted by atomic mass is 10.1. The molecule has 28 heavy (non-hydrogen) atoms. The van der Waals surface area contributed by atoms with Crippen LogP contribution in [0.5, 0.6) is 5.75 Å². The van der Waals surface area contributed by atoms with Gasteiger partial charge in [-0.2, -0.15) is 0 Å². The zero-order valence-corrected chi connectivity index (χ0v) is 17.1. The van der Waals surface area contributed by atoms with E-state index in [9.17, 15) is 9.59 Å². The van der Waals surface area contributed by atoms with E-state index < -0.39 is 0 Å². The van der Waals surface area contributed by atoms with Gasteiger partial charge in [0, 0.05) is 26.2 Å². The van der Waals surface area contributed by atoms with Crippen LogP contribution in [-0.2, 0) is 22.4 Å². The second-order valence-electron chi connectivity index (χ2n) is 6.51. The van der Waals surface area contributed by atoms with Gasteiger partial charge in [0.15, 0.2) is 5.11 Å². The van der Waals surface area contributed by atoms with Crippen molar-refractivity contribution in [3.05, 3.63) is 59.7 Å². The first-order chi connectivity index (χ1) is 13.4. The molecule has 0 aliphatic heterocycles. The largest absolute Gasteiger partial charge is 0.497 e. The molecule has 2 aromatic rings. The molecule has 0 aromatic heterocycles. The molecule has 0 spiro atoms. The number of rotatable bonds is 7. The maximum absolute atomic E-state index is 12.1. The van der Waals surface area contributed by atoms with Crippen LogP contribution in [0.3, 0.4) is 0 Å². The van der Waals surface area contributed by atoms with Crippen LogP contribution in [-0.4, -0.2) is 43.0 Å². The first-order valence-corrected chi connectivity index (χ1v) is 9.31. The Morgan fingerprint density at radius 1 is 1.00 bits per heavy atom. The Bertz CT molecular complexity index is 818. The summed E-state index contributed by atoms with van der Waals surface area (Å²) in [6, 6.07) is 14.9. The SMILES string of the molecule is COc1ccc(CC(=O)NC(=S)Nc2ccc(CCC(=O)N(C)C)cc2)cc1. The topological polar surface area (TPSA) is 70.7 Å². The molecule has 0 fully saturated rings. The predicted molar refractivity (Wildman–Crippen MR) is 115 cm³/mol. The van der Waals surface area contributed by atoms with Gasteiger partial charge in [0.1, 0.15) is 5.75 Å². The van der Waals surface area contributed by atoms with Gasteiger partial charge in [-0.05, 0) is 54.0 Å². The number of nitrogens with zero attached hydrogens (tertiary/aromatic N) is 1. The Kier molecular flexibility index (Phi) is 7.95. The highest BCUT2D eigenvalue weighted by molar-refractivity contribution is 7.80. The lowest BCUT2D eigenvalue weighted by molar-refractivity contribution is -0.128. The molecule has 0 heterocycles. The summed E-state index contributed by atoms with van der Waals surface area (Å²) < 4.78 is 5.10. The number of nitrogens with one attached hydrogen (secondary N) is 2. The van der Waals surface area contributed by atoms with E-state index in [1.165, 1.54) is 0 Å². The highest BCUT2D eigenvalue weighted by Crippen LogP contribution is 2.13. The highest BCUT2D eigenvalue weighted by Gasteiger charge is 2.08. The Hall–Kier alpha value is -2.93. The third kappa shape index (κ3) is 7.00. The molecule has 7 heteroatoms. The Labute approximate surface area is 170 Å². The quantitative estimate of drug-likeness (QED) is 0.701. The molecule has 148 valence electrons. The average molecular weight is 400 g/mol. The Morgan fingerprint density at radius 2 is 1.61 bits per heavy atom. The number of carbonyl (C=O) groups is 2. The first kappa shape index (κ1) is 21.4. The van der Waals surface area contributed by atoms with E-state index in [1.54, 1.807) is 26.1 Å². The van der Waals surface area contributed by atoms with Crippen molar-refractivity contribution in [3.8, 4) is 5.75 Å². The zero-order chi connectivity index (χ0) is 20.5. The van der Waals surface area contributed by atoms with Gasteiger partial charge in [0.25, 0.3) is 0 Å². The monoisotopic (exact) mass is 399 g/mol. The van der Waals surface area contributed by atoms with Crippen molar-refractivity contribution < 1.29 is 14.3 Å². The third-order valence-electron chi connectivity index (χ3n) is 4.11. The summed E-state index contributed by atoms with van der Waals surface area (Å²) >= 11 is 5.20. The van der Waals surface area contributed by atoms with Crippen molar-refractivity contribution in [2.24, 2.45) is 0 Å². The number of hydrogen-bond donors (Lipinski definition) is 2. The van der Waals surface area contributed by atoms with E-state index in [0.717, 1.165) is 22.6 Å². The van der Waals surface area contributed by atoms with Crippen molar-refractivity contribution in [2.45, 2.75) is 19.3 Å². The fourth-order valence-corrected chi connectivity index (χ4v) is 2.72. The molecule has 0 bridgehead atoms. The second-order valence-corrected chi connectivity index (χ2v) is 6.92. The van der Waals surface area contributed by atoms with E-state index in [4.69, 9.17) is 17.0 Å². The molecule has 0 unspecified atom stereocenters. The van der Waals surface area contributed by atoms with Crippen LogP contribution in [0.15, 0.2) is 48.5 Å². The van der Waals surface area contributed by atoms with Crippen LogP contribution in [0.25, 0.3) is 0 Å². The van der Waals surface area contributed by atoms with Crippen LogP contribution in [0.1, 0.15) is 17.5 Å². The van der Waals surface area contributed by atoms with E-state index in [0.29, 0.717) is 12.8 Å². The van der Waals surface area contributed by atoms with E-state index in [1.807, 2.05) is 48.5 Å². The molecule has 2 aromatic carbocycles. The molecule has 2 rings (SSSR count). The van der Waals surface area contributed by atoms with E-state index >= 15 is 0 Å². The molecular formula is C21H25N3O3S. The summed E-state index contributed by atoms with van der Waals surface area (Å²) in [5, 5.41) is 5.91. The minimum absolute atomic E-state index is 0.1000. The second kappa shape index (κ2) is 10.4. The number of ether oxygens (including phenoxy) is 1. The Balaban J connectivity index is 1.80. The average Bonchev–Trinajstić information content (AvgIpc) is 2.67. The fourth-order valence-electron chi connectivity index (χ4n) is 2.49. The third-order valence-corrected chi connectivity index (χ3v) is 4.32. The van der Waals surface area contributed by atoms with E-state index in [2.05, 4.69) is 10.6 Å². The fraction of sp³-hybridized carbons (Fsp3) is 0.286. The van der Waals surface area contributed by atoms with Crippen molar-refractivity contribution in [1.82, 2.24) is 10.2 Å². The van der Waals surface area contributed by atoms with Crippen LogP contribution in [0.4, 0.5) is 5.69 Å². The summed E-state index contributed by atoms with van der Waals surface area (Å²) in [6.45, 7) is 0. The molecule has 0 aliphatic carbocycles. The number of thiocarbonyl (C=S) groups is 1. The van der Waals surface area contributed by atoms with Gasteiger partial charge in [0.05, 0.1) is 13.5 Å². The van der Waals surface area contributed by atoms with E-state index in [-0.39, 0.29) is 23.3 Å². The van der Waals surface area contributed by atoms with Crippen LogP contribution < -0.4 is 15.4 Å². The lowest BCUT2D eigenvalue weighted by Gasteiger charge is -2.11. The molecular weight excluding hydrogens is 374 g/mol. The molecule has 0 saturated carbocycles. The predicted octanol–water partition coefficient (Wildman–Crippen LogP) is 2.77. The Morgan fingerprint density at radius 3 is 2.18 bits per heavy atom. The van der Waals surface area contributed by atoms with Crippen molar-refractivity contribution in [3.63, 3.8) is 0 Å². The van der Waals surface area contributed by atoms with Crippen LogP contribution in [0, 0.1) is 0 Å². The van der Waals surface area contributed by atoms with Crippen molar-refractivity contribution in [1.29, 1.82) is 0 Å². The minimum atomic E-state index is -0.193. The highest BCUT2D eigenvalue weighted by atomic mass is 32.1. The number of amides is 2.